The molecule has 1 aromatic carbocycles. The third-order valence-electron chi connectivity index (χ3n) is 7.54. The second-order valence-electron chi connectivity index (χ2n) is 10.5. The van der Waals surface area contributed by atoms with Gasteiger partial charge in [-0.05, 0) is 56.4 Å². The van der Waals surface area contributed by atoms with E-state index in [9.17, 15) is 18.0 Å². The van der Waals surface area contributed by atoms with Crippen molar-refractivity contribution in [3.8, 4) is 11.6 Å². The van der Waals surface area contributed by atoms with Crippen LogP contribution >= 0.6 is 0 Å². The molecule has 1 N–H and O–H groups in total. The highest BCUT2D eigenvalue weighted by molar-refractivity contribution is 7.90. The molecule has 2 aliphatic rings. The molecule has 0 spiro atoms. The normalized spacial score (nSPS) is 20.2. The zero-order chi connectivity index (χ0) is 27.4. The maximum absolute atomic E-state index is 12.9. The van der Waals surface area contributed by atoms with E-state index in [1.807, 2.05) is 46.0 Å². The van der Waals surface area contributed by atoms with E-state index in [0.29, 0.717) is 50.7 Å². The lowest BCUT2D eigenvalue weighted by Gasteiger charge is -2.33. The molecule has 1 amide bonds. The van der Waals surface area contributed by atoms with Crippen molar-refractivity contribution in [1.29, 1.82) is 0 Å². The first kappa shape index (κ1) is 27.1. The first-order valence-corrected chi connectivity index (χ1v) is 15.6. The molecule has 1 aliphatic carbocycles. The van der Waals surface area contributed by atoms with E-state index < -0.39 is 9.84 Å². The number of sulfone groups is 1. The van der Waals surface area contributed by atoms with Gasteiger partial charge in [0.05, 0.1) is 17.9 Å². The van der Waals surface area contributed by atoms with Crippen molar-refractivity contribution in [2.75, 3.05) is 37.0 Å². The fraction of sp³-hybridized carbons (Fsp3) is 0.500. The van der Waals surface area contributed by atoms with Gasteiger partial charge in [0, 0.05) is 61.9 Å². The second-order valence-corrected chi connectivity index (χ2v) is 12.8. The van der Waals surface area contributed by atoms with Gasteiger partial charge in [-0.15, -0.1) is 0 Å². The molecule has 208 valence electrons. The number of anilines is 1. The Morgan fingerprint density at radius 1 is 1.10 bits per heavy atom. The molecule has 0 unspecified atom stereocenters. The molecule has 11 heteroatoms. The smallest absolute Gasteiger partial charge is 0.225 e. The number of carbonyl (C=O) groups excluding carboxylic acids is 2. The Morgan fingerprint density at radius 3 is 2.62 bits per heavy atom. The summed E-state index contributed by atoms with van der Waals surface area (Å²) in [7, 11) is -3.01. The average molecular weight is 554 g/mol. The molecule has 3 heterocycles. The summed E-state index contributed by atoms with van der Waals surface area (Å²) in [6.07, 6.45) is 9.65. The minimum absolute atomic E-state index is 0.0255. The summed E-state index contributed by atoms with van der Waals surface area (Å²) < 4.78 is 30.6. The molecular formula is C28H35N5O5S. The number of hydrogen-bond acceptors (Lipinski definition) is 8. The molecule has 0 radical (unpaired) electrons. The molecule has 1 aliphatic heterocycles. The van der Waals surface area contributed by atoms with Crippen LogP contribution in [0.3, 0.4) is 0 Å². The number of aromatic nitrogens is 3. The van der Waals surface area contributed by atoms with Gasteiger partial charge in [-0.25, -0.2) is 13.4 Å². The highest BCUT2D eigenvalue weighted by Crippen LogP contribution is 2.30. The number of fused-ring (bicyclic) bond motifs is 1. The summed E-state index contributed by atoms with van der Waals surface area (Å²) in [6, 6.07) is 9.79. The van der Waals surface area contributed by atoms with Crippen LogP contribution in [0.4, 0.5) is 5.95 Å². The molecule has 2 fully saturated rings. The monoisotopic (exact) mass is 553 g/mol. The van der Waals surface area contributed by atoms with Crippen LogP contribution in [0.2, 0.25) is 0 Å². The lowest BCUT2D eigenvalue weighted by molar-refractivity contribution is -0.139. The van der Waals surface area contributed by atoms with E-state index in [1.165, 1.54) is 6.26 Å². The first-order valence-electron chi connectivity index (χ1n) is 13.6. The molecule has 0 atom stereocenters. The molecule has 1 saturated heterocycles. The Kier molecular flexibility index (Phi) is 8.15. The number of nitrogens with one attached hydrogen (secondary N) is 1. The quantitative estimate of drug-likeness (QED) is 0.400. The molecule has 1 saturated carbocycles. The molecule has 39 heavy (non-hydrogen) atoms. The summed E-state index contributed by atoms with van der Waals surface area (Å²) in [4.78, 5) is 35.4. The van der Waals surface area contributed by atoms with Gasteiger partial charge >= 0.3 is 0 Å². The van der Waals surface area contributed by atoms with Crippen LogP contribution < -0.4 is 10.1 Å². The number of likely N-dealkylation sites (tertiary alicyclic amines) is 1. The standard InChI is InChI=1S/C28H35N5O5S/c1-39(36,37)19-3-18-38-25-5-2-4-24-23(25)13-17-33(24)26-10-14-29-28(31-26)30-21-8-6-20(7-9-21)27(35)32-15-11-22(34)12-16-32/h2,4-5,10,13-14,17,20-21H,3,6-9,11-12,15-16,18-19H2,1H3,(H,29,30,31). The predicted octanol–water partition coefficient (Wildman–Crippen LogP) is 3.40. The number of nitrogens with zero attached hydrogens (tertiary/aromatic N) is 4. The molecule has 10 nitrogen and oxygen atoms in total. The lowest BCUT2D eigenvalue weighted by Crippen LogP contribution is -2.43. The van der Waals surface area contributed by atoms with Gasteiger partial charge < -0.3 is 19.5 Å². The maximum atomic E-state index is 12.9. The summed E-state index contributed by atoms with van der Waals surface area (Å²) in [5.74, 6) is 2.54. The molecule has 2 aromatic heterocycles. The van der Waals surface area contributed by atoms with E-state index in [2.05, 4.69) is 10.3 Å². The van der Waals surface area contributed by atoms with E-state index in [-0.39, 0.29) is 29.4 Å². The Morgan fingerprint density at radius 2 is 1.87 bits per heavy atom. The molecule has 0 bridgehead atoms. The Balaban J connectivity index is 1.20. The van der Waals surface area contributed by atoms with Gasteiger partial charge in [-0.3, -0.25) is 9.59 Å². The number of amides is 1. The number of ketones is 1. The van der Waals surface area contributed by atoms with E-state index in [4.69, 9.17) is 9.72 Å². The number of ether oxygens (including phenoxy) is 1. The van der Waals surface area contributed by atoms with Gasteiger partial charge in [-0.1, -0.05) is 6.07 Å². The first-order chi connectivity index (χ1) is 18.8. The number of rotatable bonds is 9. The highest BCUT2D eigenvalue weighted by atomic mass is 32.2. The Labute approximate surface area is 228 Å². The van der Waals surface area contributed by atoms with E-state index in [0.717, 1.165) is 42.4 Å². The Bertz CT molecular complexity index is 1440. The number of hydrogen-bond donors (Lipinski definition) is 1. The van der Waals surface area contributed by atoms with Gasteiger partial charge in [0.15, 0.2) is 0 Å². The van der Waals surface area contributed by atoms with E-state index >= 15 is 0 Å². The zero-order valence-electron chi connectivity index (χ0n) is 22.2. The van der Waals surface area contributed by atoms with Crippen LogP contribution in [-0.2, 0) is 19.4 Å². The largest absolute Gasteiger partial charge is 0.493 e. The maximum Gasteiger partial charge on any atom is 0.225 e. The topological polar surface area (TPSA) is 123 Å². The second kappa shape index (κ2) is 11.7. The third-order valence-corrected chi connectivity index (χ3v) is 8.57. The summed E-state index contributed by atoms with van der Waals surface area (Å²) in [5.41, 5.74) is 0.929. The van der Waals surface area contributed by atoms with Crippen molar-refractivity contribution in [2.45, 2.75) is 51.0 Å². The van der Waals surface area contributed by atoms with Crippen molar-refractivity contribution in [2.24, 2.45) is 5.92 Å². The van der Waals surface area contributed by atoms with Gasteiger partial charge in [0.2, 0.25) is 11.9 Å². The van der Waals surface area contributed by atoms with Crippen molar-refractivity contribution >= 4 is 38.4 Å². The molecule has 3 aromatic rings. The highest BCUT2D eigenvalue weighted by Gasteiger charge is 2.31. The van der Waals surface area contributed by atoms with Crippen molar-refractivity contribution < 1.29 is 22.7 Å². The fourth-order valence-electron chi connectivity index (χ4n) is 5.42. The Hall–Kier alpha value is -3.47. The van der Waals surface area contributed by atoms with Gasteiger partial charge in [0.25, 0.3) is 0 Å². The number of Topliss-reactive ketones (excluding diaryl/α,β-unsaturated/α-hetero) is 1. The zero-order valence-corrected chi connectivity index (χ0v) is 23.0. The van der Waals surface area contributed by atoms with Crippen LogP contribution in [-0.4, -0.2) is 77.3 Å². The number of carbonyl (C=O) groups is 2. The SMILES string of the molecule is CS(=O)(=O)CCCOc1cccc2c1ccn2-c1ccnc(NC2CCC(C(=O)N3CCC(=O)CC3)CC2)n1. The molecule has 5 rings (SSSR count). The van der Waals surface area contributed by atoms with Crippen molar-refractivity contribution in [1.82, 2.24) is 19.4 Å². The van der Waals surface area contributed by atoms with Gasteiger partial charge in [-0.2, -0.15) is 4.98 Å². The summed E-state index contributed by atoms with van der Waals surface area (Å²) in [5, 5.41) is 4.38. The fourth-order valence-corrected chi connectivity index (χ4v) is 6.07. The van der Waals surface area contributed by atoms with Crippen LogP contribution in [0.1, 0.15) is 44.9 Å². The van der Waals surface area contributed by atoms with Crippen LogP contribution in [0.5, 0.6) is 5.75 Å². The summed E-state index contributed by atoms with van der Waals surface area (Å²) >= 11 is 0. The van der Waals surface area contributed by atoms with Crippen LogP contribution in [0.25, 0.3) is 16.7 Å². The minimum atomic E-state index is -3.01. The number of benzene rings is 1. The lowest BCUT2D eigenvalue weighted by atomic mass is 9.85. The predicted molar refractivity (Wildman–Crippen MR) is 149 cm³/mol. The van der Waals surface area contributed by atoms with Gasteiger partial charge in [0.1, 0.15) is 27.2 Å². The van der Waals surface area contributed by atoms with E-state index in [1.54, 1.807) is 6.20 Å². The third kappa shape index (κ3) is 6.76. The number of piperidine rings is 1. The van der Waals surface area contributed by atoms with Crippen LogP contribution in [0, 0.1) is 5.92 Å². The van der Waals surface area contributed by atoms with Crippen molar-refractivity contribution in [3.63, 3.8) is 0 Å². The van der Waals surface area contributed by atoms with Crippen LogP contribution in [0.15, 0.2) is 42.7 Å². The minimum Gasteiger partial charge on any atom is -0.493 e. The average Bonchev–Trinajstić information content (AvgIpc) is 3.36. The van der Waals surface area contributed by atoms with Crippen molar-refractivity contribution in [3.05, 3.63) is 42.7 Å². The molecular weight excluding hydrogens is 518 g/mol. The summed E-state index contributed by atoms with van der Waals surface area (Å²) in [6.45, 7) is 1.44.